The quantitative estimate of drug-likeness (QED) is 0.717. The molecule has 0 saturated carbocycles. The van der Waals surface area contributed by atoms with Gasteiger partial charge in [-0.2, -0.15) is 0 Å². The number of amides is 2. The molecule has 1 aromatic carbocycles. The Labute approximate surface area is 158 Å². The number of benzene rings is 1. The van der Waals surface area contributed by atoms with Crippen LogP contribution in [0.3, 0.4) is 0 Å². The van der Waals surface area contributed by atoms with Crippen LogP contribution in [0.5, 0.6) is 11.5 Å². The highest BCUT2D eigenvalue weighted by molar-refractivity contribution is 5.89. The first-order valence-electron chi connectivity index (χ1n) is 9.56. The summed E-state index contributed by atoms with van der Waals surface area (Å²) in [5.41, 5.74) is 0.979. The van der Waals surface area contributed by atoms with Crippen molar-refractivity contribution >= 4 is 11.8 Å². The highest BCUT2D eigenvalue weighted by atomic mass is 16.7. The monoisotopic (exact) mass is 374 g/mol. The SMILES string of the molecule is O=C(NCCN1CCNCC1)C1CC(=O)N(Cc2ccc3c(c2)OCO3)C1. The van der Waals surface area contributed by atoms with Crippen molar-refractivity contribution in [1.29, 1.82) is 0 Å². The molecule has 2 fully saturated rings. The summed E-state index contributed by atoms with van der Waals surface area (Å²) in [5.74, 6) is 1.17. The highest BCUT2D eigenvalue weighted by Crippen LogP contribution is 2.33. The van der Waals surface area contributed by atoms with E-state index in [1.165, 1.54) is 0 Å². The van der Waals surface area contributed by atoms with E-state index in [2.05, 4.69) is 15.5 Å². The summed E-state index contributed by atoms with van der Waals surface area (Å²) in [6.45, 7) is 6.70. The minimum absolute atomic E-state index is 0.0216. The van der Waals surface area contributed by atoms with E-state index in [4.69, 9.17) is 9.47 Å². The van der Waals surface area contributed by atoms with E-state index in [1.807, 2.05) is 18.2 Å². The Bertz CT molecular complexity index is 705. The third kappa shape index (κ3) is 4.33. The lowest BCUT2D eigenvalue weighted by Crippen LogP contribution is -2.46. The molecule has 3 aliphatic rings. The largest absolute Gasteiger partial charge is 0.454 e. The highest BCUT2D eigenvalue weighted by Gasteiger charge is 2.34. The van der Waals surface area contributed by atoms with Gasteiger partial charge in [-0.15, -0.1) is 0 Å². The fourth-order valence-corrected chi connectivity index (χ4v) is 3.78. The van der Waals surface area contributed by atoms with Crippen LogP contribution in [0.2, 0.25) is 0 Å². The van der Waals surface area contributed by atoms with Gasteiger partial charge < -0.3 is 25.0 Å². The number of fused-ring (bicyclic) bond motifs is 1. The third-order valence-corrected chi connectivity index (χ3v) is 5.33. The van der Waals surface area contributed by atoms with Crippen LogP contribution < -0.4 is 20.1 Å². The summed E-state index contributed by atoms with van der Waals surface area (Å²) in [7, 11) is 0. The number of hydrogen-bond donors (Lipinski definition) is 2. The summed E-state index contributed by atoms with van der Waals surface area (Å²) >= 11 is 0. The Hall–Kier alpha value is -2.32. The van der Waals surface area contributed by atoms with Crippen molar-refractivity contribution in [2.24, 2.45) is 5.92 Å². The van der Waals surface area contributed by atoms with Crippen molar-refractivity contribution < 1.29 is 19.1 Å². The van der Waals surface area contributed by atoms with Crippen molar-refractivity contribution in [3.8, 4) is 11.5 Å². The first-order valence-corrected chi connectivity index (χ1v) is 9.56. The van der Waals surface area contributed by atoms with Crippen molar-refractivity contribution in [3.05, 3.63) is 23.8 Å². The Balaban J connectivity index is 1.25. The zero-order valence-corrected chi connectivity index (χ0v) is 15.4. The van der Waals surface area contributed by atoms with E-state index in [0.29, 0.717) is 25.4 Å². The number of hydrogen-bond acceptors (Lipinski definition) is 6. The maximum atomic E-state index is 12.4. The van der Waals surface area contributed by atoms with E-state index in [1.54, 1.807) is 4.90 Å². The number of nitrogens with one attached hydrogen (secondary N) is 2. The van der Waals surface area contributed by atoms with Gasteiger partial charge in [0.15, 0.2) is 11.5 Å². The summed E-state index contributed by atoms with van der Waals surface area (Å²) in [5, 5.41) is 6.31. The molecule has 0 radical (unpaired) electrons. The molecule has 1 atom stereocenters. The molecule has 8 nitrogen and oxygen atoms in total. The van der Waals surface area contributed by atoms with Crippen molar-refractivity contribution in [2.45, 2.75) is 13.0 Å². The van der Waals surface area contributed by atoms with E-state index in [9.17, 15) is 9.59 Å². The lowest BCUT2D eigenvalue weighted by Gasteiger charge is -2.27. The third-order valence-electron chi connectivity index (χ3n) is 5.33. The van der Waals surface area contributed by atoms with Crippen molar-refractivity contribution in [3.63, 3.8) is 0 Å². The molecule has 0 bridgehead atoms. The minimum atomic E-state index is -0.269. The molecular formula is C19H26N4O4. The van der Waals surface area contributed by atoms with Crippen LogP contribution in [0.25, 0.3) is 0 Å². The van der Waals surface area contributed by atoms with E-state index in [-0.39, 0.29) is 30.9 Å². The van der Waals surface area contributed by atoms with Crippen molar-refractivity contribution in [2.75, 3.05) is 52.6 Å². The molecule has 1 unspecified atom stereocenters. The minimum Gasteiger partial charge on any atom is -0.454 e. The fraction of sp³-hybridized carbons (Fsp3) is 0.579. The number of rotatable bonds is 6. The van der Waals surface area contributed by atoms with Crippen LogP contribution in [0.15, 0.2) is 18.2 Å². The Kier molecular flexibility index (Phi) is 5.45. The second-order valence-corrected chi connectivity index (χ2v) is 7.25. The van der Waals surface area contributed by atoms with E-state index in [0.717, 1.165) is 44.0 Å². The molecule has 0 spiro atoms. The van der Waals surface area contributed by atoms with E-state index >= 15 is 0 Å². The summed E-state index contributed by atoms with van der Waals surface area (Å²) < 4.78 is 10.7. The van der Waals surface area contributed by atoms with Gasteiger partial charge in [0.1, 0.15) is 0 Å². The fourth-order valence-electron chi connectivity index (χ4n) is 3.78. The number of likely N-dealkylation sites (tertiary alicyclic amines) is 1. The maximum absolute atomic E-state index is 12.4. The first-order chi connectivity index (χ1) is 13.2. The van der Waals surface area contributed by atoms with Crippen LogP contribution in [0.4, 0.5) is 0 Å². The average molecular weight is 374 g/mol. The number of nitrogens with zero attached hydrogens (tertiary/aromatic N) is 2. The lowest BCUT2D eigenvalue weighted by molar-refractivity contribution is -0.129. The zero-order valence-electron chi connectivity index (χ0n) is 15.4. The second-order valence-electron chi connectivity index (χ2n) is 7.25. The first kappa shape index (κ1) is 18.1. The predicted octanol–water partition coefficient (Wildman–Crippen LogP) is -0.215. The topological polar surface area (TPSA) is 83.1 Å². The van der Waals surface area contributed by atoms with Gasteiger partial charge in [0.25, 0.3) is 0 Å². The number of carbonyl (C=O) groups is 2. The predicted molar refractivity (Wildman–Crippen MR) is 98.4 cm³/mol. The zero-order chi connectivity index (χ0) is 18.6. The maximum Gasteiger partial charge on any atom is 0.231 e. The second kappa shape index (κ2) is 8.14. The van der Waals surface area contributed by atoms with Crippen LogP contribution in [0, 0.1) is 5.92 Å². The summed E-state index contributed by atoms with van der Waals surface area (Å²) in [4.78, 5) is 28.8. The van der Waals surface area contributed by atoms with E-state index < -0.39 is 0 Å². The average Bonchev–Trinajstić information content (AvgIpc) is 3.29. The Morgan fingerprint density at radius 1 is 1.22 bits per heavy atom. The van der Waals surface area contributed by atoms with Gasteiger partial charge in [-0.1, -0.05) is 6.07 Å². The molecule has 146 valence electrons. The number of ether oxygens (including phenoxy) is 2. The Morgan fingerprint density at radius 2 is 2.04 bits per heavy atom. The van der Waals surface area contributed by atoms with Crippen LogP contribution in [-0.4, -0.2) is 74.2 Å². The molecule has 27 heavy (non-hydrogen) atoms. The van der Waals surface area contributed by atoms with Gasteiger partial charge >= 0.3 is 0 Å². The Morgan fingerprint density at radius 3 is 2.89 bits per heavy atom. The normalized spacial score (nSPS) is 22.3. The molecule has 3 heterocycles. The van der Waals surface area contributed by atoms with Crippen LogP contribution >= 0.6 is 0 Å². The van der Waals surface area contributed by atoms with Gasteiger partial charge in [-0.3, -0.25) is 14.5 Å². The van der Waals surface area contributed by atoms with Crippen LogP contribution in [-0.2, 0) is 16.1 Å². The van der Waals surface area contributed by atoms with Gasteiger partial charge in [0.2, 0.25) is 18.6 Å². The molecule has 2 amide bonds. The molecule has 8 heteroatoms. The lowest BCUT2D eigenvalue weighted by atomic mass is 10.1. The standard InChI is InChI=1S/C19H26N4O4/c24-18-10-15(19(25)21-5-8-22-6-3-20-4-7-22)12-23(18)11-14-1-2-16-17(9-14)27-13-26-16/h1-2,9,15,20H,3-8,10-13H2,(H,21,25). The van der Waals surface area contributed by atoms with Gasteiger partial charge in [-0.05, 0) is 17.7 Å². The summed E-state index contributed by atoms with van der Waals surface area (Å²) in [6, 6.07) is 5.69. The molecular weight excluding hydrogens is 348 g/mol. The van der Waals surface area contributed by atoms with Gasteiger partial charge in [0.05, 0.1) is 5.92 Å². The van der Waals surface area contributed by atoms with Gasteiger partial charge in [0, 0.05) is 58.8 Å². The molecule has 1 aromatic rings. The summed E-state index contributed by atoms with van der Waals surface area (Å²) in [6.07, 6.45) is 0.282. The number of piperazine rings is 1. The molecule has 4 rings (SSSR count). The van der Waals surface area contributed by atoms with Crippen molar-refractivity contribution in [1.82, 2.24) is 20.4 Å². The van der Waals surface area contributed by atoms with Crippen LogP contribution in [0.1, 0.15) is 12.0 Å². The molecule has 3 aliphatic heterocycles. The molecule has 2 saturated heterocycles. The smallest absolute Gasteiger partial charge is 0.231 e. The van der Waals surface area contributed by atoms with Gasteiger partial charge in [-0.25, -0.2) is 0 Å². The molecule has 2 N–H and O–H groups in total. The number of carbonyl (C=O) groups excluding carboxylic acids is 2. The molecule has 0 aliphatic carbocycles. The molecule has 0 aromatic heterocycles.